The van der Waals surface area contributed by atoms with E-state index in [1.165, 1.54) is 0 Å². The van der Waals surface area contributed by atoms with Crippen LogP contribution in [0, 0.1) is 0 Å². The third-order valence-corrected chi connectivity index (χ3v) is 1.90. The highest BCUT2D eigenvalue weighted by Crippen LogP contribution is 2.11. The highest BCUT2D eigenvalue weighted by molar-refractivity contribution is 6.07. The van der Waals surface area contributed by atoms with Crippen molar-refractivity contribution in [1.82, 2.24) is 0 Å². The fraction of sp³-hybridized carbons (Fsp3) is 0.500. The summed E-state index contributed by atoms with van der Waals surface area (Å²) in [7, 11) is 0. The van der Waals surface area contributed by atoms with Gasteiger partial charge >= 0.3 is 0 Å². The first kappa shape index (κ1) is 10.2. The van der Waals surface area contributed by atoms with Crippen LogP contribution in [-0.4, -0.2) is 5.78 Å². The maximum absolute atomic E-state index is 11.3. The van der Waals surface area contributed by atoms with Crippen molar-refractivity contribution in [3.05, 3.63) is 23.3 Å². The Bertz CT molecular complexity index is 209. The summed E-state index contributed by atoms with van der Waals surface area (Å²) in [5, 5.41) is 0. The molecule has 0 aromatic rings. The molecule has 0 unspecified atom stereocenters. The zero-order valence-electron chi connectivity index (χ0n) is 7.82. The Balaban J connectivity index is 4.61. The fourth-order valence-electron chi connectivity index (χ4n) is 0.779. The topological polar surface area (TPSA) is 17.1 Å². The quantitative estimate of drug-likeness (QED) is 0.568. The minimum absolute atomic E-state index is 0.0874. The molecule has 0 bridgehead atoms. The normalized spacial score (nSPS) is 12.4. The molecule has 0 aliphatic heterocycles. The minimum Gasteiger partial charge on any atom is -0.289 e. The van der Waals surface area contributed by atoms with Crippen molar-refractivity contribution < 1.29 is 4.79 Å². The van der Waals surface area contributed by atoms with Gasteiger partial charge in [0.05, 0.1) is 0 Å². The van der Waals surface area contributed by atoms with Gasteiger partial charge in [0.1, 0.15) is 0 Å². The molecule has 0 radical (unpaired) electrons. The molecular weight excluding hydrogens is 136 g/mol. The van der Waals surface area contributed by atoms with E-state index in [1.54, 1.807) is 6.92 Å². The summed E-state index contributed by atoms with van der Waals surface area (Å²) in [6, 6.07) is 0. The molecule has 0 fully saturated rings. The van der Waals surface area contributed by atoms with Crippen LogP contribution >= 0.6 is 0 Å². The molecule has 0 aliphatic rings. The predicted octanol–water partition coefficient (Wildman–Crippen LogP) is 2.88. The van der Waals surface area contributed by atoms with E-state index in [0.29, 0.717) is 5.57 Å². The first-order valence-corrected chi connectivity index (χ1v) is 3.87. The zero-order valence-corrected chi connectivity index (χ0v) is 7.82. The summed E-state index contributed by atoms with van der Waals surface area (Å²) in [5.41, 5.74) is 2.62. The van der Waals surface area contributed by atoms with Gasteiger partial charge in [0.25, 0.3) is 0 Å². The van der Waals surface area contributed by atoms with Gasteiger partial charge in [-0.1, -0.05) is 19.1 Å². The van der Waals surface area contributed by atoms with Gasteiger partial charge in [-0.15, -0.1) is 0 Å². The van der Waals surface area contributed by atoms with Gasteiger partial charge in [-0.25, -0.2) is 0 Å². The SMILES string of the molecule is C=C(C)C(=O)C(C)=C(C)CC. The van der Waals surface area contributed by atoms with Crippen molar-refractivity contribution in [1.29, 1.82) is 0 Å². The second-order valence-electron chi connectivity index (χ2n) is 2.87. The van der Waals surface area contributed by atoms with E-state index < -0.39 is 0 Å². The van der Waals surface area contributed by atoms with E-state index in [-0.39, 0.29) is 5.78 Å². The Morgan fingerprint density at radius 1 is 1.27 bits per heavy atom. The van der Waals surface area contributed by atoms with Gasteiger partial charge in [-0.2, -0.15) is 0 Å². The number of carbonyl (C=O) groups is 1. The molecule has 0 aromatic carbocycles. The Hall–Kier alpha value is -0.850. The molecule has 0 spiro atoms. The number of carbonyl (C=O) groups excluding carboxylic acids is 1. The molecule has 1 heteroatoms. The summed E-state index contributed by atoms with van der Waals surface area (Å²) in [6.07, 6.45) is 0.935. The lowest BCUT2D eigenvalue weighted by atomic mass is 10.0. The second-order valence-corrected chi connectivity index (χ2v) is 2.87. The molecule has 0 amide bonds. The van der Waals surface area contributed by atoms with Crippen LogP contribution in [0.4, 0.5) is 0 Å². The molecule has 0 saturated heterocycles. The Morgan fingerprint density at radius 2 is 1.73 bits per heavy atom. The minimum atomic E-state index is 0.0874. The first-order valence-electron chi connectivity index (χ1n) is 3.87. The van der Waals surface area contributed by atoms with Crippen LogP contribution in [0.5, 0.6) is 0 Å². The summed E-state index contributed by atoms with van der Waals surface area (Å²) >= 11 is 0. The number of hydrogen-bond acceptors (Lipinski definition) is 1. The van der Waals surface area contributed by atoms with Crippen LogP contribution in [-0.2, 0) is 4.79 Å². The molecule has 0 heterocycles. The first-order chi connectivity index (χ1) is 5.00. The van der Waals surface area contributed by atoms with E-state index in [2.05, 4.69) is 6.58 Å². The van der Waals surface area contributed by atoms with Crippen LogP contribution in [0.25, 0.3) is 0 Å². The van der Waals surface area contributed by atoms with Gasteiger partial charge in [-0.05, 0) is 38.3 Å². The molecule has 0 saturated carbocycles. The fourth-order valence-corrected chi connectivity index (χ4v) is 0.779. The molecule has 0 atom stereocenters. The third-order valence-electron chi connectivity index (χ3n) is 1.90. The molecule has 11 heavy (non-hydrogen) atoms. The van der Waals surface area contributed by atoms with Crippen LogP contribution in [0.2, 0.25) is 0 Å². The average Bonchev–Trinajstić information content (AvgIpc) is 2.00. The number of allylic oxidation sites excluding steroid dienone is 3. The summed E-state index contributed by atoms with van der Waals surface area (Å²) in [5.74, 6) is 0.0874. The summed E-state index contributed by atoms with van der Waals surface area (Å²) in [4.78, 5) is 11.3. The number of rotatable bonds is 3. The van der Waals surface area contributed by atoms with Gasteiger partial charge in [0.15, 0.2) is 5.78 Å². The Labute approximate surface area is 68.8 Å². The van der Waals surface area contributed by atoms with Crippen molar-refractivity contribution in [2.45, 2.75) is 34.1 Å². The predicted molar refractivity (Wildman–Crippen MR) is 48.5 cm³/mol. The highest BCUT2D eigenvalue weighted by Gasteiger charge is 2.06. The maximum Gasteiger partial charge on any atom is 0.183 e. The maximum atomic E-state index is 11.3. The molecule has 0 N–H and O–H groups in total. The van der Waals surface area contributed by atoms with E-state index in [0.717, 1.165) is 17.6 Å². The second kappa shape index (κ2) is 4.12. The lowest BCUT2D eigenvalue weighted by molar-refractivity contribution is -0.112. The van der Waals surface area contributed by atoms with Crippen molar-refractivity contribution in [3.8, 4) is 0 Å². The lowest BCUT2D eigenvalue weighted by Crippen LogP contribution is -2.01. The van der Waals surface area contributed by atoms with Crippen molar-refractivity contribution in [2.24, 2.45) is 0 Å². The van der Waals surface area contributed by atoms with Crippen LogP contribution < -0.4 is 0 Å². The van der Waals surface area contributed by atoms with Gasteiger partial charge in [0, 0.05) is 0 Å². The number of Topliss-reactive ketones (excluding diaryl/α,β-unsaturated/α-hetero) is 1. The molecule has 62 valence electrons. The Kier molecular flexibility index (Phi) is 3.80. The van der Waals surface area contributed by atoms with Crippen molar-refractivity contribution in [3.63, 3.8) is 0 Å². The number of hydrogen-bond donors (Lipinski definition) is 0. The summed E-state index contributed by atoms with van der Waals surface area (Å²) < 4.78 is 0. The zero-order chi connectivity index (χ0) is 9.02. The van der Waals surface area contributed by atoms with Crippen molar-refractivity contribution >= 4 is 5.78 Å². The van der Waals surface area contributed by atoms with E-state index in [4.69, 9.17) is 0 Å². The van der Waals surface area contributed by atoms with Gasteiger partial charge in [0.2, 0.25) is 0 Å². The van der Waals surface area contributed by atoms with Crippen LogP contribution in [0.15, 0.2) is 23.3 Å². The lowest BCUT2D eigenvalue weighted by Gasteiger charge is -2.03. The standard InChI is InChI=1S/C10H16O/c1-6-8(4)9(5)10(11)7(2)3/h2,6H2,1,3-5H3. The molecule has 0 rings (SSSR count). The monoisotopic (exact) mass is 152 g/mol. The molecule has 0 aliphatic carbocycles. The highest BCUT2D eigenvalue weighted by atomic mass is 16.1. The van der Waals surface area contributed by atoms with Gasteiger partial charge in [-0.3, -0.25) is 4.79 Å². The van der Waals surface area contributed by atoms with Gasteiger partial charge < -0.3 is 0 Å². The number of ketones is 1. The molecular formula is C10H16O. The van der Waals surface area contributed by atoms with Crippen molar-refractivity contribution in [2.75, 3.05) is 0 Å². The summed E-state index contributed by atoms with van der Waals surface area (Å²) in [6.45, 7) is 11.2. The molecule has 0 aromatic heterocycles. The Morgan fingerprint density at radius 3 is 2.00 bits per heavy atom. The third kappa shape index (κ3) is 2.71. The van der Waals surface area contributed by atoms with E-state index in [1.807, 2.05) is 20.8 Å². The van der Waals surface area contributed by atoms with E-state index in [9.17, 15) is 4.79 Å². The smallest absolute Gasteiger partial charge is 0.183 e. The average molecular weight is 152 g/mol. The molecule has 1 nitrogen and oxygen atoms in total. The largest absolute Gasteiger partial charge is 0.289 e. The van der Waals surface area contributed by atoms with Crippen LogP contribution in [0.3, 0.4) is 0 Å². The van der Waals surface area contributed by atoms with Crippen LogP contribution in [0.1, 0.15) is 34.1 Å². The van der Waals surface area contributed by atoms with E-state index >= 15 is 0 Å².